The summed E-state index contributed by atoms with van der Waals surface area (Å²) in [5.41, 5.74) is 2.52. The lowest BCUT2D eigenvalue weighted by Gasteiger charge is -2.09. The van der Waals surface area contributed by atoms with Crippen molar-refractivity contribution in [3.05, 3.63) is 58.1 Å². The molecule has 2 aromatic carbocycles. The van der Waals surface area contributed by atoms with Gasteiger partial charge in [-0.2, -0.15) is 5.10 Å². The van der Waals surface area contributed by atoms with Gasteiger partial charge in [0.05, 0.1) is 25.4 Å². The first-order chi connectivity index (χ1) is 12.5. The third kappa shape index (κ3) is 4.94. The molecule has 9 heteroatoms. The Kier molecular flexibility index (Phi) is 6.49. The number of hydrogen-bond acceptors (Lipinski definition) is 7. The average Bonchev–Trinajstić information content (AvgIpc) is 2.66. The molecule has 0 saturated carbocycles. The molecule has 0 bridgehead atoms. The largest absolute Gasteiger partial charge is 0.493 e. The van der Waals surface area contributed by atoms with Crippen molar-refractivity contribution in [1.82, 2.24) is 5.43 Å². The van der Waals surface area contributed by atoms with E-state index < -0.39 is 10.8 Å². The number of amides is 1. The second kappa shape index (κ2) is 9.02. The number of nitro benzene ring substituents is 1. The van der Waals surface area contributed by atoms with Gasteiger partial charge in [-0.3, -0.25) is 14.9 Å². The van der Waals surface area contributed by atoms with Crippen molar-refractivity contribution in [2.24, 2.45) is 5.10 Å². The first-order valence-corrected chi connectivity index (χ1v) is 7.45. The van der Waals surface area contributed by atoms with Gasteiger partial charge in [0.1, 0.15) is 0 Å². The second-order valence-corrected chi connectivity index (χ2v) is 4.92. The van der Waals surface area contributed by atoms with Gasteiger partial charge in [-0.15, -0.1) is 0 Å². The van der Waals surface area contributed by atoms with E-state index in [0.717, 1.165) is 0 Å². The Bertz CT molecular complexity index is 822. The molecule has 1 N–H and O–H groups in total. The highest BCUT2D eigenvalue weighted by molar-refractivity contribution is 5.84. The summed E-state index contributed by atoms with van der Waals surface area (Å²) in [6.45, 7) is -0.263. The molecular formula is C17H17N3O6. The van der Waals surface area contributed by atoms with Crippen LogP contribution < -0.4 is 19.6 Å². The fourth-order valence-electron chi connectivity index (χ4n) is 2.02. The van der Waals surface area contributed by atoms with Crippen molar-refractivity contribution < 1.29 is 23.9 Å². The third-order valence-corrected chi connectivity index (χ3v) is 3.23. The highest BCUT2D eigenvalue weighted by Gasteiger charge is 2.14. The van der Waals surface area contributed by atoms with Gasteiger partial charge >= 0.3 is 5.69 Å². The smallest absolute Gasteiger partial charge is 0.311 e. The predicted octanol–water partition coefficient (Wildman–Crippen LogP) is 2.14. The number of ether oxygens (including phenoxy) is 3. The van der Waals surface area contributed by atoms with Crippen LogP contribution in [0.1, 0.15) is 5.56 Å². The summed E-state index contributed by atoms with van der Waals surface area (Å²) >= 11 is 0. The summed E-state index contributed by atoms with van der Waals surface area (Å²) in [4.78, 5) is 22.2. The van der Waals surface area contributed by atoms with E-state index in [1.807, 2.05) is 0 Å². The van der Waals surface area contributed by atoms with E-state index in [-0.39, 0.29) is 18.0 Å². The lowest BCUT2D eigenvalue weighted by molar-refractivity contribution is -0.385. The maximum Gasteiger partial charge on any atom is 0.311 e. The van der Waals surface area contributed by atoms with Gasteiger partial charge < -0.3 is 14.2 Å². The Balaban J connectivity index is 1.92. The maximum absolute atomic E-state index is 11.8. The molecule has 2 aromatic rings. The second-order valence-electron chi connectivity index (χ2n) is 4.92. The van der Waals surface area contributed by atoms with Crippen molar-refractivity contribution in [2.45, 2.75) is 0 Å². The van der Waals surface area contributed by atoms with Crippen molar-refractivity contribution in [3.8, 4) is 17.2 Å². The van der Waals surface area contributed by atoms with Crippen molar-refractivity contribution >= 4 is 17.8 Å². The monoisotopic (exact) mass is 359 g/mol. The molecule has 1 amide bonds. The highest BCUT2D eigenvalue weighted by atomic mass is 16.6. The molecule has 2 rings (SSSR count). The van der Waals surface area contributed by atoms with Gasteiger partial charge in [0.15, 0.2) is 23.9 Å². The van der Waals surface area contributed by atoms with E-state index >= 15 is 0 Å². The number of nitro groups is 1. The molecule has 0 aromatic heterocycles. The van der Waals surface area contributed by atoms with Crippen molar-refractivity contribution in [1.29, 1.82) is 0 Å². The number of hydrogen-bond donors (Lipinski definition) is 1. The minimum Gasteiger partial charge on any atom is -0.493 e. The van der Waals surface area contributed by atoms with Gasteiger partial charge in [-0.1, -0.05) is 12.1 Å². The van der Waals surface area contributed by atoms with Crippen molar-refractivity contribution in [2.75, 3.05) is 20.8 Å². The van der Waals surface area contributed by atoms with Crippen LogP contribution in [0.4, 0.5) is 5.69 Å². The Morgan fingerprint density at radius 3 is 2.50 bits per heavy atom. The summed E-state index contributed by atoms with van der Waals surface area (Å²) in [6, 6.07) is 11.2. The summed E-state index contributed by atoms with van der Waals surface area (Å²) in [5.74, 6) is 0.589. The van der Waals surface area contributed by atoms with Gasteiger partial charge in [0.25, 0.3) is 5.91 Å². The van der Waals surface area contributed by atoms with E-state index in [1.54, 1.807) is 30.3 Å². The van der Waals surface area contributed by atoms with Crippen LogP contribution in [0.15, 0.2) is 47.6 Å². The van der Waals surface area contributed by atoms with Gasteiger partial charge in [-0.25, -0.2) is 5.43 Å². The Morgan fingerprint density at radius 1 is 1.15 bits per heavy atom. The quantitative estimate of drug-likeness (QED) is 0.439. The highest BCUT2D eigenvalue weighted by Crippen LogP contribution is 2.27. The molecule has 0 spiro atoms. The van der Waals surface area contributed by atoms with Crippen LogP contribution in [0.25, 0.3) is 0 Å². The number of nitrogens with one attached hydrogen (secondary N) is 1. The molecule has 26 heavy (non-hydrogen) atoms. The van der Waals surface area contributed by atoms with E-state index in [1.165, 1.54) is 32.6 Å². The fraction of sp³-hybridized carbons (Fsp3) is 0.176. The molecule has 0 saturated heterocycles. The van der Waals surface area contributed by atoms with Crippen molar-refractivity contribution in [3.63, 3.8) is 0 Å². The predicted molar refractivity (Wildman–Crippen MR) is 93.9 cm³/mol. The van der Waals surface area contributed by atoms with E-state index in [0.29, 0.717) is 17.1 Å². The zero-order valence-electron chi connectivity index (χ0n) is 14.2. The summed E-state index contributed by atoms with van der Waals surface area (Å²) in [6.07, 6.45) is 1.29. The minimum absolute atomic E-state index is 0.140. The molecule has 0 heterocycles. The molecule has 136 valence electrons. The lowest BCUT2D eigenvalue weighted by Crippen LogP contribution is -2.24. The van der Waals surface area contributed by atoms with Crippen LogP contribution in [0, 0.1) is 10.1 Å². The summed E-state index contributed by atoms with van der Waals surface area (Å²) in [5, 5.41) is 14.7. The van der Waals surface area contributed by atoms with Crippen LogP contribution in [0.2, 0.25) is 0 Å². The maximum atomic E-state index is 11.8. The SMILES string of the molecule is COc1ccccc1OCC(=O)N/N=C/c1ccc(OC)c([N+](=O)[O-])c1. The molecule has 0 aliphatic carbocycles. The molecule has 0 unspecified atom stereocenters. The first-order valence-electron chi connectivity index (χ1n) is 7.45. The zero-order valence-corrected chi connectivity index (χ0v) is 14.2. The number of rotatable bonds is 8. The number of nitrogens with zero attached hydrogens (tertiary/aromatic N) is 2. The van der Waals surface area contributed by atoms with Gasteiger partial charge in [0, 0.05) is 11.6 Å². The normalized spacial score (nSPS) is 10.4. The van der Waals surface area contributed by atoms with E-state index in [9.17, 15) is 14.9 Å². The number of hydrazone groups is 1. The molecule has 0 aliphatic heterocycles. The average molecular weight is 359 g/mol. The lowest BCUT2D eigenvalue weighted by atomic mass is 10.2. The van der Waals surface area contributed by atoms with E-state index in [2.05, 4.69) is 10.5 Å². The van der Waals surface area contributed by atoms with Crippen LogP contribution in [0.5, 0.6) is 17.2 Å². The molecule has 0 fully saturated rings. The Labute approximate surface area is 149 Å². The molecule has 0 atom stereocenters. The van der Waals surface area contributed by atoms with Gasteiger partial charge in [0.2, 0.25) is 0 Å². The number of carbonyl (C=O) groups excluding carboxylic acids is 1. The zero-order chi connectivity index (χ0) is 18.9. The van der Waals surface area contributed by atoms with Crippen LogP contribution in [-0.4, -0.2) is 37.9 Å². The Hall–Kier alpha value is -3.62. The standard InChI is InChI=1S/C17H17N3O6/c1-24-14-8-7-12(9-13(14)20(22)23)10-18-19-17(21)11-26-16-6-4-3-5-15(16)25-2/h3-10H,11H2,1-2H3,(H,19,21)/b18-10+. The van der Waals surface area contributed by atoms with Gasteiger partial charge in [-0.05, 0) is 24.3 Å². The summed E-state index contributed by atoms with van der Waals surface area (Å²) < 4.78 is 15.4. The van der Waals surface area contributed by atoms with E-state index in [4.69, 9.17) is 14.2 Å². The number of para-hydroxylation sites is 2. The van der Waals surface area contributed by atoms with Crippen LogP contribution in [-0.2, 0) is 4.79 Å². The molecular weight excluding hydrogens is 342 g/mol. The topological polar surface area (TPSA) is 112 Å². The first kappa shape index (κ1) is 18.7. The molecule has 0 aliphatic rings. The summed E-state index contributed by atoms with van der Waals surface area (Å²) in [7, 11) is 2.85. The molecule has 0 radical (unpaired) electrons. The third-order valence-electron chi connectivity index (χ3n) is 3.23. The van der Waals surface area contributed by atoms with Crippen LogP contribution in [0.3, 0.4) is 0 Å². The Morgan fingerprint density at radius 2 is 1.85 bits per heavy atom. The fourth-order valence-corrected chi connectivity index (χ4v) is 2.02. The van der Waals surface area contributed by atoms with Crippen LogP contribution >= 0.6 is 0 Å². The molecule has 9 nitrogen and oxygen atoms in total. The number of benzene rings is 2. The number of carbonyl (C=O) groups is 1. The number of methoxy groups -OCH3 is 2. The minimum atomic E-state index is -0.560.